The molecule has 0 saturated carbocycles. The fourth-order valence-electron chi connectivity index (χ4n) is 2.09. The number of thiazole rings is 1. The third kappa shape index (κ3) is 2.91. The third-order valence-corrected chi connectivity index (χ3v) is 4.43. The Bertz CT molecular complexity index is 786. The van der Waals surface area contributed by atoms with Crippen LogP contribution >= 0.6 is 22.9 Å². The van der Waals surface area contributed by atoms with Gasteiger partial charge in [0, 0.05) is 35.8 Å². The molecule has 0 atom stereocenters. The lowest BCUT2D eigenvalue weighted by Gasteiger charge is -2.07. The lowest BCUT2D eigenvalue weighted by atomic mass is 10.0. The quantitative estimate of drug-likeness (QED) is 0.760. The Labute approximate surface area is 137 Å². The van der Waals surface area contributed by atoms with Gasteiger partial charge in [-0.15, -0.1) is 11.3 Å². The largest absolute Gasteiger partial charge is 0.481 e. The van der Waals surface area contributed by atoms with Crippen LogP contribution in [0.4, 0.5) is 5.13 Å². The second-order valence-electron chi connectivity index (χ2n) is 4.57. The van der Waals surface area contributed by atoms with Crippen LogP contribution in [-0.4, -0.2) is 24.1 Å². The standard InChI is InChI=1S/C16H14ClN3OS/c1-18-16-20-14(9-22-16)12-7-10(3-5-13(12)17)11-4-6-15(21-2)19-8-11/h3-9H,1-2H3,(H,18,20). The molecule has 2 heterocycles. The van der Waals surface area contributed by atoms with E-state index in [0.29, 0.717) is 10.9 Å². The van der Waals surface area contributed by atoms with E-state index in [1.165, 1.54) is 0 Å². The van der Waals surface area contributed by atoms with Crippen LogP contribution in [0.25, 0.3) is 22.4 Å². The van der Waals surface area contributed by atoms with Crippen molar-refractivity contribution in [3.63, 3.8) is 0 Å². The first-order chi connectivity index (χ1) is 10.7. The van der Waals surface area contributed by atoms with Crippen LogP contribution in [0.2, 0.25) is 5.02 Å². The van der Waals surface area contributed by atoms with Crippen LogP contribution in [0.5, 0.6) is 5.88 Å². The Morgan fingerprint density at radius 1 is 1.18 bits per heavy atom. The van der Waals surface area contributed by atoms with Crippen LogP contribution in [0.3, 0.4) is 0 Å². The molecule has 0 saturated heterocycles. The van der Waals surface area contributed by atoms with E-state index in [1.807, 2.05) is 42.8 Å². The Morgan fingerprint density at radius 3 is 2.64 bits per heavy atom. The summed E-state index contributed by atoms with van der Waals surface area (Å²) in [5, 5.41) is 6.57. The Balaban J connectivity index is 2.01. The fourth-order valence-corrected chi connectivity index (χ4v) is 2.97. The molecule has 3 aromatic rings. The average Bonchev–Trinajstić information content (AvgIpc) is 3.04. The summed E-state index contributed by atoms with van der Waals surface area (Å²) < 4.78 is 5.08. The highest BCUT2D eigenvalue weighted by Gasteiger charge is 2.10. The van der Waals surface area contributed by atoms with E-state index in [2.05, 4.69) is 15.3 Å². The average molecular weight is 332 g/mol. The van der Waals surface area contributed by atoms with E-state index in [-0.39, 0.29) is 0 Å². The zero-order chi connectivity index (χ0) is 15.5. The molecule has 6 heteroatoms. The molecular formula is C16H14ClN3OS. The topological polar surface area (TPSA) is 47.0 Å². The molecule has 0 amide bonds. The normalized spacial score (nSPS) is 10.5. The first kappa shape index (κ1) is 14.8. The molecule has 1 N–H and O–H groups in total. The number of aromatic nitrogens is 2. The highest BCUT2D eigenvalue weighted by Crippen LogP contribution is 2.34. The predicted molar refractivity (Wildman–Crippen MR) is 91.9 cm³/mol. The van der Waals surface area contributed by atoms with Gasteiger partial charge in [-0.05, 0) is 23.8 Å². The molecular weight excluding hydrogens is 318 g/mol. The molecule has 0 aliphatic heterocycles. The number of benzene rings is 1. The Hall–Kier alpha value is -2.11. The molecule has 0 aliphatic rings. The molecule has 4 nitrogen and oxygen atoms in total. The number of nitrogens with one attached hydrogen (secondary N) is 1. The number of pyridine rings is 1. The minimum absolute atomic E-state index is 0.594. The first-order valence-corrected chi connectivity index (χ1v) is 7.90. The summed E-state index contributed by atoms with van der Waals surface area (Å²) in [7, 11) is 3.45. The van der Waals surface area contributed by atoms with Gasteiger partial charge in [0.2, 0.25) is 5.88 Å². The maximum atomic E-state index is 6.33. The second kappa shape index (κ2) is 6.34. The lowest BCUT2D eigenvalue weighted by molar-refractivity contribution is 0.398. The number of anilines is 1. The minimum Gasteiger partial charge on any atom is -0.481 e. The van der Waals surface area contributed by atoms with Crippen molar-refractivity contribution < 1.29 is 4.74 Å². The highest BCUT2D eigenvalue weighted by atomic mass is 35.5. The zero-order valence-corrected chi connectivity index (χ0v) is 13.7. The Morgan fingerprint density at radius 2 is 2.00 bits per heavy atom. The van der Waals surface area contributed by atoms with Gasteiger partial charge < -0.3 is 10.1 Å². The van der Waals surface area contributed by atoms with Crippen LogP contribution < -0.4 is 10.1 Å². The van der Waals surface area contributed by atoms with Crippen LogP contribution in [0.1, 0.15) is 0 Å². The van der Waals surface area contributed by atoms with Gasteiger partial charge in [-0.3, -0.25) is 0 Å². The van der Waals surface area contributed by atoms with Crippen molar-refractivity contribution in [2.75, 3.05) is 19.5 Å². The number of hydrogen-bond acceptors (Lipinski definition) is 5. The number of halogens is 1. The van der Waals surface area contributed by atoms with E-state index in [1.54, 1.807) is 24.6 Å². The number of nitrogens with zero attached hydrogens (tertiary/aromatic N) is 2. The van der Waals surface area contributed by atoms with Gasteiger partial charge >= 0.3 is 0 Å². The van der Waals surface area contributed by atoms with E-state index in [0.717, 1.165) is 27.5 Å². The third-order valence-electron chi connectivity index (χ3n) is 3.24. The molecule has 1 aromatic carbocycles. The summed E-state index contributed by atoms with van der Waals surface area (Å²) in [6.45, 7) is 0. The van der Waals surface area contributed by atoms with E-state index in [4.69, 9.17) is 16.3 Å². The van der Waals surface area contributed by atoms with E-state index in [9.17, 15) is 0 Å². The van der Waals surface area contributed by atoms with Crippen molar-refractivity contribution in [1.29, 1.82) is 0 Å². The zero-order valence-electron chi connectivity index (χ0n) is 12.1. The van der Waals surface area contributed by atoms with Crippen molar-refractivity contribution >= 4 is 28.1 Å². The number of hydrogen-bond donors (Lipinski definition) is 1. The molecule has 0 unspecified atom stereocenters. The van der Waals surface area contributed by atoms with Gasteiger partial charge in [-0.25, -0.2) is 9.97 Å². The molecule has 0 radical (unpaired) electrons. The number of ether oxygens (including phenoxy) is 1. The van der Waals surface area contributed by atoms with Crippen molar-refractivity contribution in [3.05, 3.63) is 46.9 Å². The molecule has 0 aliphatic carbocycles. The molecule has 0 bridgehead atoms. The Kier molecular flexibility index (Phi) is 4.27. The van der Waals surface area contributed by atoms with Crippen LogP contribution in [0.15, 0.2) is 41.9 Å². The van der Waals surface area contributed by atoms with Gasteiger partial charge in [0.05, 0.1) is 17.8 Å². The summed E-state index contributed by atoms with van der Waals surface area (Å²) >= 11 is 7.88. The number of methoxy groups -OCH3 is 1. The number of rotatable bonds is 4. The molecule has 0 fully saturated rings. The van der Waals surface area contributed by atoms with Crippen molar-refractivity contribution in [1.82, 2.24) is 9.97 Å². The maximum absolute atomic E-state index is 6.33. The first-order valence-electron chi connectivity index (χ1n) is 6.65. The van der Waals surface area contributed by atoms with Crippen molar-refractivity contribution in [2.24, 2.45) is 0 Å². The molecule has 112 valence electrons. The highest BCUT2D eigenvalue weighted by molar-refractivity contribution is 7.14. The molecule has 2 aromatic heterocycles. The maximum Gasteiger partial charge on any atom is 0.212 e. The molecule has 22 heavy (non-hydrogen) atoms. The van der Waals surface area contributed by atoms with Gasteiger partial charge in [0.1, 0.15) is 0 Å². The lowest BCUT2D eigenvalue weighted by Crippen LogP contribution is -1.89. The van der Waals surface area contributed by atoms with Gasteiger partial charge in [-0.1, -0.05) is 17.7 Å². The predicted octanol–water partition coefficient (Wildman–Crippen LogP) is 4.58. The summed E-state index contributed by atoms with van der Waals surface area (Å²) in [5.74, 6) is 0.594. The van der Waals surface area contributed by atoms with E-state index >= 15 is 0 Å². The van der Waals surface area contributed by atoms with Crippen molar-refractivity contribution in [2.45, 2.75) is 0 Å². The van der Waals surface area contributed by atoms with E-state index < -0.39 is 0 Å². The van der Waals surface area contributed by atoms with Crippen molar-refractivity contribution in [3.8, 4) is 28.3 Å². The summed E-state index contributed by atoms with van der Waals surface area (Å²) in [6.07, 6.45) is 1.78. The summed E-state index contributed by atoms with van der Waals surface area (Å²) in [5.41, 5.74) is 3.81. The van der Waals surface area contributed by atoms with Gasteiger partial charge in [0.25, 0.3) is 0 Å². The van der Waals surface area contributed by atoms with Crippen LogP contribution in [0, 0.1) is 0 Å². The molecule has 0 spiro atoms. The van der Waals surface area contributed by atoms with Crippen LogP contribution in [-0.2, 0) is 0 Å². The minimum atomic E-state index is 0.594. The van der Waals surface area contributed by atoms with Gasteiger partial charge in [0.15, 0.2) is 5.13 Å². The smallest absolute Gasteiger partial charge is 0.212 e. The summed E-state index contributed by atoms with van der Waals surface area (Å²) in [6, 6.07) is 9.69. The monoisotopic (exact) mass is 331 g/mol. The summed E-state index contributed by atoms with van der Waals surface area (Å²) in [4.78, 5) is 8.75. The fraction of sp³-hybridized carbons (Fsp3) is 0.125. The second-order valence-corrected chi connectivity index (χ2v) is 5.84. The SMILES string of the molecule is CNc1nc(-c2cc(-c3ccc(OC)nc3)ccc2Cl)cs1. The molecule has 3 rings (SSSR count). The van der Waals surface area contributed by atoms with Gasteiger partial charge in [-0.2, -0.15) is 0 Å².